The first-order chi connectivity index (χ1) is 10.0. The minimum atomic E-state index is -0.767. The molecule has 5 heteroatoms. The lowest BCUT2D eigenvalue weighted by molar-refractivity contribution is -0.137. The van der Waals surface area contributed by atoms with E-state index in [-0.39, 0.29) is 18.7 Å². The van der Waals surface area contributed by atoms with Gasteiger partial charge in [0.25, 0.3) is 0 Å². The Balaban J connectivity index is 2.29. The number of carboxylic acids is 1. The molecule has 0 saturated heterocycles. The fourth-order valence-electron chi connectivity index (χ4n) is 2.17. The van der Waals surface area contributed by atoms with Crippen molar-refractivity contribution in [3.8, 4) is 0 Å². The van der Waals surface area contributed by atoms with Gasteiger partial charge >= 0.3 is 5.97 Å². The molecule has 1 rings (SSSR count). The van der Waals surface area contributed by atoms with Crippen LogP contribution in [0.4, 0.5) is 0 Å². The monoisotopic (exact) mass is 311 g/mol. The van der Waals surface area contributed by atoms with Crippen LogP contribution in [-0.4, -0.2) is 23.5 Å². The van der Waals surface area contributed by atoms with Crippen molar-refractivity contribution in [2.75, 3.05) is 6.54 Å². The number of carbonyl (C=O) groups is 2. The molecule has 0 aromatic heterocycles. The van der Waals surface area contributed by atoms with Gasteiger partial charge in [-0.3, -0.25) is 9.59 Å². The number of amides is 1. The molecule has 0 aliphatic rings. The molecule has 4 nitrogen and oxygen atoms in total. The van der Waals surface area contributed by atoms with E-state index in [0.29, 0.717) is 23.9 Å². The van der Waals surface area contributed by atoms with Crippen LogP contribution in [0.3, 0.4) is 0 Å². The third-order valence-corrected chi connectivity index (χ3v) is 3.90. The zero-order valence-electron chi connectivity index (χ0n) is 12.3. The number of halogens is 1. The SMILES string of the molecule is CCC(CCNC(=O)Cc1ccccc1Cl)CCC(=O)O. The predicted octanol–water partition coefficient (Wildman–Crippen LogP) is 3.28. The van der Waals surface area contributed by atoms with Crippen molar-refractivity contribution < 1.29 is 14.7 Å². The van der Waals surface area contributed by atoms with Gasteiger partial charge in [0, 0.05) is 18.0 Å². The van der Waals surface area contributed by atoms with Gasteiger partial charge in [0.2, 0.25) is 5.91 Å². The quantitative estimate of drug-likeness (QED) is 0.735. The molecule has 1 aromatic carbocycles. The van der Waals surface area contributed by atoms with Gasteiger partial charge in [0.1, 0.15) is 0 Å². The maximum Gasteiger partial charge on any atom is 0.303 e. The normalized spacial score (nSPS) is 11.9. The lowest BCUT2D eigenvalue weighted by Crippen LogP contribution is -2.27. The second-order valence-electron chi connectivity index (χ2n) is 5.11. The van der Waals surface area contributed by atoms with Crippen LogP contribution in [-0.2, 0) is 16.0 Å². The third-order valence-electron chi connectivity index (χ3n) is 3.53. The fraction of sp³-hybridized carbons (Fsp3) is 0.500. The molecule has 0 fully saturated rings. The van der Waals surface area contributed by atoms with Gasteiger partial charge in [-0.2, -0.15) is 0 Å². The summed E-state index contributed by atoms with van der Waals surface area (Å²) in [6, 6.07) is 7.29. The second-order valence-corrected chi connectivity index (χ2v) is 5.52. The van der Waals surface area contributed by atoms with Gasteiger partial charge in [-0.1, -0.05) is 43.1 Å². The summed E-state index contributed by atoms with van der Waals surface area (Å²) in [5.41, 5.74) is 0.814. The summed E-state index contributed by atoms with van der Waals surface area (Å²) in [4.78, 5) is 22.4. The van der Waals surface area contributed by atoms with E-state index in [9.17, 15) is 9.59 Å². The van der Waals surface area contributed by atoms with E-state index in [2.05, 4.69) is 5.32 Å². The molecule has 1 unspecified atom stereocenters. The summed E-state index contributed by atoms with van der Waals surface area (Å²) in [7, 11) is 0. The van der Waals surface area contributed by atoms with Crippen LogP contribution < -0.4 is 5.32 Å². The molecule has 0 saturated carbocycles. The van der Waals surface area contributed by atoms with E-state index in [1.807, 2.05) is 25.1 Å². The largest absolute Gasteiger partial charge is 0.481 e. The number of hydrogen-bond acceptors (Lipinski definition) is 2. The summed E-state index contributed by atoms with van der Waals surface area (Å²) in [6.07, 6.45) is 2.84. The lowest BCUT2D eigenvalue weighted by atomic mass is 9.96. The molecule has 1 amide bonds. The Morgan fingerprint density at radius 1 is 1.29 bits per heavy atom. The van der Waals surface area contributed by atoms with Crippen molar-refractivity contribution in [3.05, 3.63) is 34.9 Å². The average molecular weight is 312 g/mol. The third kappa shape index (κ3) is 7.14. The first-order valence-electron chi connectivity index (χ1n) is 7.24. The zero-order chi connectivity index (χ0) is 15.7. The van der Waals surface area contributed by atoms with Crippen molar-refractivity contribution in [2.24, 2.45) is 5.92 Å². The van der Waals surface area contributed by atoms with Crippen molar-refractivity contribution in [1.82, 2.24) is 5.32 Å². The fourth-order valence-corrected chi connectivity index (χ4v) is 2.38. The van der Waals surface area contributed by atoms with E-state index in [1.165, 1.54) is 0 Å². The molecule has 2 N–H and O–H groups in total. The molecule has 1 aromatic rings. The van der Waals surface area contributed by atoms with Gasteiger partial charge < -0.3 is 10.4 Å². The molecule has 0 aliphatic heterocycles. The van der Waals surface area contributed by atoms with Gasteiger partial charge in [0.05, 0.1) is 6.42 Å². The Morgan fingerprint density at radius 2 is 2.00 bits per heavy atom. The molecule has 0 spiro atoms. The number of nitrogens with one attached hydrogen (secondary N) is 1. The first-order valence-corrected chi connectivity index (χ1v) is 7.62. The van der Waals surface area contributed by atoms with Crippen molar-refractivity contribution in [1.29, 1.82) is 0 Å². The van der Waals surface area contributed by atoms with Crippen LogP contribution in [0.5, 0.6) is 0 Å². The van der Waals surface area contributed by atoms with E-state index in [0.717, 1.165) is 18.4 Å². The molecule has 1 atom stereocenters. The number of rotatable bonds is 9. The first kappa shape index (κ1) is 17.5. The van der Waals surface area contributed by atoms with Crippen molar-refractivity contribution in [2.45, 2.75) is 39.0 Å². The van der Waals surface area contributed by atoms with Crippen LogP contribution >= 0.6 is 11.6 Å². The van der Waals surface area contributed by atoms with E-state index >= 15 is 0 Å². The summed E-state index contributed by atoms with van der Waals surface area (Å²) in [5.74, 6) is -0.492. The van der Waals surface area contributed by atoms with E-state index in [1.54, 1.807) is 6.07 Å². The predicted molar refractivity (Wildman–Crippen MR) is 83.4 cm³/mol. The molecular weight excluding hydrogens is 290 g/mol. The lowest BCUT2D eigenvalue weighted by Gasteiger charge is -2.14. The van der Waals surface area contributed by atoms with Crippen LogP contribution in [0.25, 0.3) is 0 Å². The van der Waals surface area contributed by atoms with Crippen molar-refractivity contribution >= 4 is 23.5 Å². The molecule has 0 radical (unpaired) electrons. The summed E-state index contributed by atoms with van der Waals surface area (Å²) < 4.78 is 0. The van der Waals surface area contributed by atoms with Crippen LogP contribution in [0.2, 0.25) is 5.02 Å². The summed E-state index contributed by atoms with van der Waals surface area (Å²) >= 11 is 6.01. The number of benzene rings is 1. The topological polar surface area (TPSA) is 66.4 Å². The number of aliphatic carboxylic acids is 1. The molecule has 0 heterocycles. The van der Waals surface area contributed by atoms with Gasteiger partial charge in [-0.15, -0.1) is 0 Å². The van der Waals surface area contributed by atoms with Crippen LogP contribution in [0, 0.1) is 5.92 Å². The molecule has 0 bridgehead atoms. The Labute approximate surface area is 130 Å². The molecule has 0 aliphatic carbocycles. The standard InChI is InChI=1S/C16H22ClNO3/c1-2-12(7-8-16(20)21)9-10-18-15(19)11-13-5-3-4-6-14(13)17/h3-6,12H,2,7-11H2,1H3,(H,18,19)(H,20,21). The molecule has 116 valence electrons. The Kier molecular flexibility index (Phi) is 7.83. The van der Waals surface area contributed by atoms with Gasteiger partial charge in [-0.05, 0) is 30.4 Å². The van der Waals surface area contributed by atoms with Gasteiger partial charge in [0.15, 0.2) is 0 Å². The summed E-state index contributed by atoms with van der Waals surface area (Å²) in [5, 5.41) is 12.1. The van der Waals surface area contributed by atoms with Crippen LogP contribution in [0.15, 0.2) is 24.3 Å². The zero-order valence-corrected chi connectivity index (χ0v) is 13.0. The maximum atomic E-state index is 11.8. The highest BCUT2D eigenvalue weighted by Gasteiger charge is 2.10. The second kappa shape index (κ2) is 9.40. The number of carbonyl (C=O) groups excluding carboxylic acids is 1. The van der Waals surface area contributed by atoms with E-state index < -0.39 is 5.97 Å². The highest BCUT2D eigenvalue weighted by molar-refractivity contribution is 6.31. The van der Waals surface area contributed by atoms with Crippen LogP contribution in [0.1, 0.15) is 38.2 Å². The smallest absolute Gasteiger partial charge is 0.303 e. The Bertz CT molecular complexity index is 476. The number of hydrogen-bond donors (Lipinski definition) is 2. The Morgan fingerprint density at radius 3 is 2.62 bits per heavy atom. The molecule has 21 heavy (non-hydrogen) atoms. The van der Waals surface area contributed by atoms with E-state index in [4.69, 9.17) is 16.7 Å². The minimum absolute atomic E-state index is 0.0591. The highest BCUT2D eigenvalue weighted by Crippen LogP contribution is 2.16. The maximum absolute atomic E-state index is 11.8. The summed E-state index contributed by atoms with van der Waals surface area (Å²) in [6.45, 7) is 2.61. The minimum Gasteiger partial charge on any atom is -0.481 e. The number of carboxylic acid groups (broad SMARTS) is 1. The van der Waals surface area contributed by atoms with Gasteiger partial charge in [-0.25, -0.2) is 0 Å². The van der Waals surface area contributed by atoms with Crippen molar-refractivity contribution in [3.63, 3.8) is 0 Å². The highest BCUT2D eigenvalue weighted by atomic mass is 35.5. The average Bonchev–Trinajstić information content (AvgIpc) is 2.45. The molecular formula is C16H22ClNO3. The Hall–Kier alpha value is -1.55.